The minimum atomic E-state index is 0.115. The minimum Gasteiger partial charge on any atom is -0.492 e. The first-order valence-corrected chi connectivity index (χ1v) is 6.83. The zero-order chi connectivity index (χ0) is 11.7. The van der Waals surface area contributed by atoms with E-state index in [4.69, 9.17) is 0 Å². The lowest BCUT2D eigenvalue weighted by molar-refractivity contribution is 0.459. The highest BCUT2D eigenvalue weighted by molar-refractivity contribution is 7.23. The Morgan fingerprint density at radius 2 is 1.82 bits per heavy atom. The lowest BCUT2D eigenvalue weighted by atomic mass is 10.2. The summed E-state index contributed by atoms with van der Waals surface area (Å²) in [6.07, 6.45) is 0. The van der Waals surface area contributed by atoms with Crippen molar-refractivity contribution in [2.24, 2.45) is 0 Å². The highest BCUT2D eigenvalue weighted by atomic mass is 32.1. The largest absolute Gasteiger partial charge is 0.492 e. The van der Waals surface area contributed by atoms with Crippen LogP contribution in [0.3, 0.4) is 0 Å². The average Bonchev–Trinajstić information content (AvgIpc) is 2.99. The molecule has 84 valence electrons. The van der Waals surface area contributed by atoms with Crippen molar-refractivity contribution in [3.05, 3.63) is 47.8 Å². The second kappa shape index (κ2) is 4.31. The van der Waals surface area contributed by atoms with Crippen molar-refractivity contribution in [3.8, 4) is 26.2 Å². The van der Waals surface area contributed by atoms with Gasteiger partial charge >= 0.3 is 0 Å². The van der Waals surface area contributed by atoms with E-state index in [1.54, 1.807) is 11.3 Å². The molecule has 0 saturated heterocycles. The second-order valence-corrected chi connectivity index (χ2v) is 5.46. The van der Waals surface area contributed by atoms with Crippen molar-refractivity contribution in [2.75, 3.05) is 0 Å². The van der Waals surface area contributed by atoms with E-state index in [0.717, 1.165) is 20.3 Å². The zero-order valence-corrected chi connectivity index (χ0v) is 10.5. The standard InChI is InChI=1S/C13H9NOS2/c15-12-11(9-5-2-1-3-6-9)17-13(14-12)10-7-4-8-16-10/h1-8,15H. The number of thiophene rings is 1. The van der Waals surface area contributed by atoms with Gasteiger partial charge in [-0.3, -0.25) is 0 Å². The van der Waals surface area contributed by atoms with Crippen LogP contribution in [0.4, 0.5) is 0 Å². The van der Waals surface area contributed by atoms with Gasteiger partial charge in [-0.25, -0.2) is 4.98 Å². The number of nitrogens with zero attached hydrogens (tertiary/aromatic N) is 1. The van der Waals surface area contributed by atoms with E-state index in [1.807, 2.05) is 47.8 Å². The quantitative estimate of drug-likeness (QED) is 0.746. The molecule has 0 aliphatic carbocycles. The van der Waals surface area contributed by atoms with Crippen LogP contribution in [0, 0.1) is 0 Å². The van der Waals surface area contributed by atoms with Crippen LogP contribution in [0.15, 0.2) is 47.8 Å². The monoisotopic (exact) mass is 259 g/mol. The third kappa shape index (κ3) is 1.97. The number of aromatic hydroxyl groups is 1. The van der Waals surface area contributed by atoms with Crippen LogP contribution in [0.2, 0.25) is 0 Å². The van der Waals surface area contributed by atoms with Crippen molar-refractivity contribution in [2.45, 2.75) is 0 Å². The maximum atomic E-state index is 9.89. The highest BCUT2D eigenvalue weighted by Gasteiger charge is 2.13. The number of hydrogen-bond acceptors (Lipinski definition) is 4. The minimum absolute atomic E-state index is 0.115. The molecule has 3 aromatic rings. The van der Waals surface area contributed by atoms with Gasteiger partial charge in [-0.2, -0.15) is 0 Å². The van der Waals surface area contributed by atoms with Gasteiger partial charge in [-0.15, -0.1) is 22.7 Å². The molecule has 2 nitrogen and oxygen atoms in total. The van der Waals surface area contributed by atoms with Gasteiger partial charge in [0, 0.05) is 0 Å². The lowest BCUT2D eigenvalue weighted by Crippen LogP contribution is -1.71. The molecule has 0 unspecified atom stereocenters. The molecule has 17 heavy (non-hydrogen) atoms. The summed E-state index contributed by atoms with van der Waals surface area (Å²) < 4.78 is 0. The van der Waals surface area contributed by atoms with Crippen LogP contribution in [0.1, 0.15) is 0 Å². The van der Waals surface area contributed by atoms with Gasteiger partial charge in [-0.05, 0) is 17.0 Å². The molecule has 0 spiro atoms. The summed E-state index contributed by atoms with van der Waals surface area (Å²) in [6, 6.07) is 13.8. The molecule has 3 rings (SSSR count). The molecule has 0 saturated carbocycles. The molecule has 0 fully saturated rings. The van der Waals surface area contributed by atoms with Crippen LogP contribution in [-0.2, 0) is 0 Å². The summed E-state index contributed by atoms with van der Waals surface area (Å²) >= 11 is 3.15. The number of benzene rings is 1. The number of hydrogen-bond donors (Lipinski definition) is 1. The maximum Gasteiger partial charge on any atom is 0.230 e. The predicted octanol–water partition coefficient (Wildman–Crippen LogP) is 4.24. The van der Waals surface area contributed by atoms with E-state index >= 15 is 0 Å². The smallest absolute Gasteiger partial charge is 0.230 e. The van der Waals surface area contributed by atoms with Gasteiger partial charge in [0.05, 0.1) is 9.75 Å². The Hall–Kier alpha value is -1.65. The fourth-order valence-electron chi connectivity index (χ4n) is 1.60. The topological polar surface area (TPSA) is 33.1 Å². The molecule has 0 aliphatic rings. The van der Waals surface area contributed by atoms with E-state index in [9.17, 15) is 5.11 Å². The Labute approximate surface area is 107 Å². The fraction of sp³-hybridized carbons (Fsp3) is 0. The summed E-state index contributed by atoms with van der Waals surface area (Å²) in [5.74, 6) is 0.115. The molecule has 1 aromatic carbocycles. The second-order valence-electron chi connectivity index (χ2n) is 3.52. The zero-order valence-electron chi connectivity index (χ0n) is 8.83. The molecule has 0 bridgehead atoms. The van der Waals surface area contributed by atoms with Crippen LogP contribution < -0.4 is 0 Å². The van der Waals surface area contributed by atoms with Crippen molar-refractivity contribution in [3.63, 3.8) is 0 Å². The Balaban J connectivity index is 2.08. The third-order valence-electron chi connectivity index (χ3n) is 2.38. The Kier molecular flexibility index (Phi) is 2.66. The first-order valence-electron chi connectivity index (χ1n) is 5.13. The van der Waals surface area contributed by atoms with Crippen molar-refractivity contribution in [1.82, 2.24) is 4.98 Å². The molecular formula is C13H9NOS2. The predicted molar refractivity (Wildman–Crippen MR) is 72.5 cm³/mol. The summed E-state index contributed by atoms with van der Waals surface area (Å²) in [4.78, 5) is 6.13. The van der Waals surface area contributed by atoms with Crippen molar-refractivity contribution >= 4 is 22.7 Å². The summed E-state index contributed by atoms with van der Waals surface area (Å²) in [6.45, 7) is 0. The molecule has 2 aromatic heterocycles. The Morgan fingerprint density at radius 3 is 2.53 bits per heavy atom. The van der Waals surface area contributed by atoms with Gasteiger partial charge < -0.3 is 5.11 Å². The molecule has 0 atom stereocenters. The first-order chi connectivity index (χ1) is 8.34. The number of aromatic nitrogens is 1. The Morgan fingerprint density at radius 1 is 1.00 bits per heavy atom. The first kappa shape index (κ1) is 10.5. The highest BCUT2D eigenvalue weighted by Crippen LogP contribution is 2.40. The lowest BCUT2D eigenvalue weighted by Gasteiger charge is -1.95. The van der Waals surface area contributed by atoms with Crippen LogP contribution in [0.5, 0.6) is 5.88 Å². The number of rotatable bonds is 2. The molecule has 1 N–H and O–H groups in total. The van der Waals surface area contributed by atoms with Gasteiger partial charge in [-0.1, -0.05) is 36.4 Å². The van der Waals surface area contributed by atoms with E-state index in [0.29, 0.717) is 0 Å². The molecule has 0 aliphatic heterocycles. The molecule has 0 amide bonds. The summed E-state index contributed by atoms with van der Waals surface area (Å²) in [5, 5.41) is 12.8. The SMILES string of the molecule is Oc1nc(-c2cccs2)sc1-c1ccccc1. The fourth-order valence-corrected chi connectivity index (χ4v) is 3.36. The van der Waals surface area contributed by atoms with E-state index < -0.39 is 0 Å². The number of thiazole rings is 1. The summed E-state index contributed by atoms with van der Waals surface area (Å²) in [5.41, 5.74) is 1.00. The van der Waals surface area contributed by atoms with Gasteiger partial charge in [0.2, 0.25) is 5.88 Å². The summed E-state index contributed by atoms with van der Waals surface area (Å²) in [7, 11) is 0. The average molecular weight is 259 g/mol. The van der Waals surface area contributed by atoms with E-state index in [-0.39, 0.29) is 5.88 Å². The maximum absolute atomic E-state index is 9.89. The molecule has 4 heteroatoms. The third-order valence-corrected chi connectivity index (χ3v) is 4.51. The van der Waals surface area contributed by atoms with Crippen molar-refractivity contribution < 1.29 is 5.11 Å². The van der Waals surface area contributed by atoms with Crippen LogP contribution in [0.25, 0.3) is 20.3 Å². The normalized spacial score (nSPS) is 10.6. The molecule has 2 heterocycles. The van der Waals surface area contributed by atoms with Crippen molar-refractivity contribution in [1.29, 1.82) is 0 Å². The van der Waals surface area contributed by atoms with Gasteiger partial charge in [0.15, 0.2) is 0 Å². The van der Waals surface area contributed by atoms with Gasteiger partial charge in [0.1, 0.15) is 5.01 Å². The van der Waals surface area contributed by atoms with E-state index in [1.165, 1.54) is 11.3 Å². The van der Waals surface area contributed by atoms with Crippen LogP contribution >= 0.6 is 22.7 Å². The Bertz CT molecular complexity index is 614. The molecular weight excluding hydrogens is 250 g/mol. The van der Waals surface area contributed by atoms with E-state index in [2.05, 4.69) is 4.98 Å². The van der Waals surface area contributed by atoms with Gasteiger partial charge in [0.25, 0.3) is 0 Å². The molecule has 0 radical (unpaired) electrons. The van der Waals surface area contributed by atoms with Crippen LogP contribution in [-0.4, -0.2) is 10.1 Å².